The van der Waals surface area contributed by atoms with Crippen LogP contribution in [0.4, 0.5) is 11.4 Å². The number of nitrogens with zero attached hydrogens (tertiary/aromatic N) is 2. The Hall–Kier alpha value is -1.98. The molecule has 0 atom stereocenters. The average molecular weight is 271 g/mol. The van der Waals surface area contributed by atoms with Crippen molar-refractivity contribution in [2.75, 3.05) is 11.4 Å². The predicted octanol–water partition coefficient (Wildman–Crippen LogP) is 4.68. The molecule has 0 fully saturated rings. The van der Waals surface area contributed by atoms with Crippen LogP contribution in [0, 0.1) is 18.3 Å². The Balaban J connectivity index is 2.52. The molecule has 0 aliphatic carbocycles. The van der Waals surface area contributed by atoms with Crippen LogP contribution >= 0.6 is 11.6 Å². The number of hydrogen-bond donors (Lipinski definition) is 0. The third-order valence-corrected chi connectivity index (χ3v) is 3.37. The van der Waals surface area contributed by atoms with E-state index in [4.69, 9.17) is 11.6 Å². The number of halogens is 1. The Morgan fingerprint density at radius 3 is 2.42 bits per heavy atom. The van der Waals surface area contributed by atoms with Gasteiger partial charge in [0.1, 0.15) is 6.07 Å². The minimum absolute atomic E-state index is 0.491. The number of nitriles is 1. The minimum atomic E-state index is 0.491. The fraction of sp³-hybridized carbons (Fsp3) is 0.188. The molecule has 0 aliphatic rings. The van der Waals surface area contributed by atoms with Crippen molar-refractivity contribution in [3.8, 4) is 6.07 Å². The van der Waals surface area contributed by atoms with Crippen LogP contribution in [0.5, 0.6) is 0 Å². The molecule has 2 nitrogen and oxygen atoms in total. The van der Waals surface area contributed by atoms with E-state index in [1.165, 1.54) is 5.56 Å². The van der Waals surface area contributed by atoms with Crippen LogP contribution in [0.15, 0.2) is 42.5 Å². The lowest BCUT2D eigenvalue weighted by Gasteiger charge is -2.24. The molecule has 0 radical (unpaired) electrons. The van der Waals surface area contributed by atoms with Crippen molar-refractivity contribution < 1.29 is 0 Å². The summed E-state index contributed by atoms with van der Waals surface area (Å²) in [7, 11) is 0. The number of hydrogen-bond acceptors (Lipinski definition) is 2. The summed E-state index contributed by atoms with van der Waals surface area (Å²) in [5, 5.41) is 9.76. The van der Waals surface area contributed by atoms with Gasteiger partial charge in [-0.05, 0) is 38.1 Å². The second kappa shape index (κ2) is 5.77. The van der Waals surface area contributed by atoms with E-state index >= 15 is 0 Å². The molecule has 0 aliphatic heterocycles. The van der Waals surface area contributed by atoms with Crippen LogP contribution in [0.2, 0.25) is 5.02 Å². The molecule has 3 heteroatoms. The molecule has 2 aromatic carbocycles. The van der Waals surface area contributed by atoms with Crippen molar-refractivity contribution in [2.24, 2.45) is 0 Å². The topological polar surface area (TPSA) is 27.0 Å². The standard InChI is InChI=1S/C16H15ClN2/c1-3-19(13-9-7-12(2)8-10-13)16-6-4-5-15(17)14(16)11-18/h4-10H,3H2,1-2H3. The normalized spacial score (nSPS) is 10.0. The van der Waals surface area contributed by atoms with Gasteiger partial charge in [-0.1, -0.05) is 35.4 Å². The maximum absolute atomic E-state index is 9.27. The van der Waals surface area contributed by atoms with E-state index in [0.717, 1.165) is 17.9 Å². The second-order valence-corrected chi connectivity index (χ2v) is 4.73. The summed E-state index contributed by atoms with van der Waals surface area (Å²) in [6.07, 6.45) is 0. The summed E-state index contributed by atoms with van der Waals surface area (Å²) in [6, 6.07) is 16.0. The molecule has 19 heavy (non-hydrogen) atoms. The largest absolute Gasteiger partial charge is 0.341 e. The Kier molecular flexibility index (Phi) is 4.09. The van der Waals surface area contributed by atoms with Crippen molar-refractivity contribution in [2.45, 2.75) is 13.8 Å². The molecule has 96 valence electrons. The summed E-state index contributed by atoms with van der Waals surface area (Å²) >= 11 is 6.09. The lowest BCUT2D eigenvalue weighted by Crippen LogP contribution is -2.17. The van der Waals surface area contributed by atoms with Crippen LogP contribution in [-0.2, 0) is 0 Å². The van der Waals surface area contributed by atoms with Gasteiger partial charge in [-0.15, -0.1) is 0 Å². The van der Waals surface area contributed by atoms with Gasteiger partial charge in [-0.3, -0.25) is 0 Å². The Bertz CT molecular complexity index is 612. The van der Waals surface area contributed by atoms with Crippen LogP contribution in [0.1, 0.15) is 18.1 Å². The van der Waals surface area contributed by atoms with Crippen LogP contribution in [0.25, 0.3) is 0 Å². The van der Waals surface area contributed by atoms with Gasteiger partial charge >= 0.3 is 0 Å². The monoisotopic (exact) mass is 270 g/mol. The van der Waals surface area contributed by atoms with E-state index in [1.807, 2.05) is 12.1 Å². The molecule has 2 aromatic rings. The summed E-state index contributed by atoms with van der Waals surface area (Å²) in [4.78, 5) is 2.09. The second-order valence-electron chi connectivity index (χ2n) is 4.33. The van der Waals surface area contributed by atoms with Crippen molar-refractivity contribution in [3.63, 3.8) is 0 Å². The molecule has 0 bridgehead atoms. The number of benzene rings is 2. The molecule has 0 spiro atoms. The minimum Gasteiger partial charge on any atom is -0.341 e. The van der Waals surface area contributed by atoms with Gasteiger partial charge in [-0.25, -0.2) is 0 Å². The lowest BCUT2D eigenvalue weighted by atomic mass is 10.1. The Morgan fingerprint density at radius 1 is 1.16 bits per heavy atom. The zero-order chi connectivity index (χ0) is 13.8. The van der Waals surface area contributed by atoms with Crippen LogP contribution in [0.3, 0.4) is 0 Å². The fourth-order valence-electron chi connectivity index (χ4n) is 2.07. The maximum atomic E-state index is 9.27. The van der Waals surface area contributed by atoms with Crippen molar-refractivity contribution in [1.29, 1.82) is 5.26 Å². The van der Waals surface area contributed by atoms with Gasteiger partial charge in [0.2, 0.25) is 0 Å². The molecule has 0 amide bonds. The van der Waals surface area contributed by atoms with Crippen LogP contribution < -0.4 is 4.90 Å². The first-order valence-corrected chi connectivity index (χ1v) is 6.58. The Morgan fingerprint density at radius 2 is 1.84 bits per heavy atom. The van der Waals surface area contributed by atoms with Gasteiger partial charge < -0.3 is 4.90 Å². The number of aryl methyl sites for hydroxylation is 1. The van der Waals surface area contributed by atoms with Crippen LogP contribution in [-0.4, -0.2) is 6.54 Å². The molecular weight excluding hydrogens is 256 g/mol. The molecule has 0 aromatic heterocycles. The van der Waals surface area contributed by atoms with E-state index in [0.29, 0.717) is 10.6 Å². The first-order chi connectivity index (χ1) is 9.17. The highest BCUT2D eigenvalue weighted by atomic mass is 35.5. The highest BCUT2D eigenvalue weighted by Crippen LogP contribution is 2.31. The summed E-state index contributed by atoms with van der Waals surface area (Å²) in [5.74, 6) is 0. The zero-order valence-electron chi connectivity index (χ0n) is 11.0. The molecular formula is C16H15ClN2. The summed E-state index contributed by atoms with van der Waals surface area (Å²) in [5.41, 5.74) is 3.64. The van der Waals surface area contributed by atoms with Crippen molar-refractivity contribution in [1.82, 2.24) is 0 Å². The maximum Gasteiger partial charge on any atom is 0.103 e. The first-order valence-electron chi connectivity index (χ1n) is 6.20. The lowest BCUT2D eigenvalue weighted by molar-refractivity contribution is 1.02. The first kappa shape index (κ1) is 13.5. The highest BCUT2D eigenvalue weighted by Gasteiger charge is 2.13. The fourth-order valence-corrected chi connectivity index (χ4v) is 2.28. The third-order valence-electron chi connectivity index (χ3n) is 3.06. The SMILES string of the molecule is CCN(c1ccc(C)cc1)c1cccc(Cl)c1C#N. The molecule has 2 rings (SSSR count). The summed E-state index contributed by atoms with van der Waals surface area (Å²) in [6.45, 7) is 4.89. The molecule has 0 unspecified atom stereocenters. The van der Waals surface area contributed by atoms with Gasteiger partial charge in [0, 0.05) is 12.2 Å². The van der Waals surface area contributed by atoms with Crippen molar-refractivity contribution in [3.05, 3.63) is 58.6 Å². The quantitative estimate of drug-likeness (QED) is 0.810. The average Bonchev–Trinajstić information content (AvgIpc) is 2.42. The van der Waals surface area contributed by atoms with Gasteiger partial charge in [0.25, 0.3) is 0 Å². The molecule has 0 saturated carbocycles. The smallest absolute Gasteiger partial charge is 0.103 e. The van der Waals surface area contributed by atoms with E-state index in [2.05, 4.69) is 49.1 Å². The Labute approximate surface area is 118 Å². The van der Waals surface area contributed by atoms with Gasteiger partial charge in [-0.2, -0.15) is 5.26 Å². The van der Waals surface area contributed by atoms with Gasteiger partial charge in [0.05, 0.1) is 16.3 Å². The van der Waals surface area contributed by atoms with Gasteiger partial charge in [0.15, 0.2) is 0 Å². The predicted molar refractivity (Wildman–Crippen MR) is 80.0 cm³/mol. The van der Waals surface area contributed by atoms with E-state index in [9.17, 15) is 5.26 Å². The number of rotatable bonds is 3. The summed E-state index contributed by atoms with van der Waals surface area (Å²) < 4.78 is 0. The zero-order valence-corrected chi connectivity index (χ0v) is 11.8. The third kappa shape index (κ3) is 2.72. The molecule has 0 saturated heterocycles. The van der Waals surface area contributed by atoms with Crippen molar-refractivity contribution >= 4 is 23.0 Å². The van der Waals surface area contributed by atoms with E-state index in [-0.39, 0.29) is 0 Å². The highest BCUT2D eigenvalue weighted by molar-refractivity contribution is 6.32. The molecule has 0 N–H and O–H groups in total. The van der Waals surface area contributed by atoms with E-state index < -0.39 is 0 Å². The number of anilines is 2. The van der Waals surface area contributed by atoms with E-state index in [1.54, 1.807) is 6.07 Å². The molecule has 0 heterocycles.